The average Bonchev–Trinajstić information content (AvgIpc) is 2.18. The Kier molecular flexibility index (Phi) is 2.63. The van der Waals surface area contributed by atoms with E-state index in [0.717, 1.165) is 0 Å². The summed E-state index contributed by atoms with van der Waals surface area (Å²) in [4.78, 5) is 15.0. The van der Waals surface area contributed by atoms with Gasteiger partial charge in [-0.15, -0.1) is 0 Å². The van der Waals surface area contributed by atoms with Gasteiger partial charge in [-0.3, -0.25) is 4.98 Å². The number of aromatic nitrogens is 1. The number of ether oxygens (including phenoxy) is 1. The smallest absolute Gasteiger partial charge is 0.343 e. The number of hydrogen-bond donors (Lipinski definition) is 1. The third-order valence-electron chi connectivity index (χ3n) is 1.75. The second-order valence-electron chi connectivity index (χ2n) is 2.78. The van der Waals surface area contributed by atoms with E-state index in [1.54, 1.807) is 18.2 Å². The van der Waals surface area contributed by atoms with Gasteiger partial charge in [0.25, 0.3) is 0 Å². The summed E-state index contributed by atoms with van der Waals surface area (Å²) in [6.45, 7) is 1.35. The van der Waals surface area contributed by atoms with Crippen LogP contribution < -0.4 is 0 Å². The van der Waals surface area contributed by atoms with Crippen molar-refractivity contribution in [1.29, 1.82) is 0 Å². The van der Waals surface area contributed by atoms with E-state index in [1.807, 2.05) is 0 Å². The summed E-state index contributed by atoms with van der Waals surface area (Å²) in [6, 6.07) is 4.97. The zero-order chi connectivity index (χ0) is 9.90. The van der Waals surface area contributed by atoms with Crippen LogP contribution in [-0.2, 0) is 15.1 Å². The molecular formula is C9H11NO3. The fourth-order valence-electron chi connectivity index (χ4n) is 0.954. The van der Waals surface area contributed by atoms with E-state index < -0.39 is 11.6 Å². The quantitative estimate of drug-likeness (QED) is 0.673. The highest BCUT2D eigenvalue weighted by Gasteiger charge is 2.34. The number of carbonyl (C=O) groups is 1. The van der Waals surface area contributed by atoms with Crippen molar-refractivity contribution in [3.63, 3.8) is 0 Å². The topological polar surface area (TPSA) is 59.4 Å². The Labute approximate surface area is 76.2 Å². The highest BCUT2D eigenvalue weighted by atomic mass is 16.5. The van der Waals surface area contributed by atoms with Gasteiger partial charge in [-0.05, 0) is 19.1 Å². The molecule has 1 heterocycles. The standard InChI is InChI=1S/C9H11NO3/c1-9(12,8(11)13-2)7-5-3-4-6-10-7/h3-6,12H,1-2H3. The molecular weight excluding hydrogens is 170 g/mol. The first-order chi connectivity index (χ1) is 6.09. The Morgan fingerprint density at radius 1 is 1.62 bits per heavy atom. The van der Waals surface area contributed by atoms with Crippen LogP contribution in [0.5, 0.6) is 0 Å². The number of rotatable bonds is 2. The van der Waals surface area contributed by atoms with Gasteiger partial charge in [0.05, 0.1) is 12.8 Å². The summed E-state index contributed by atoms with van der Waals surface area (Å²) in [5, 5.41) is 9.72. The predicted octanol–water partition coefficient (Wildman–Crippen LogP) is 0.462. The number of pyridine rings is 1. The number of esters is 1. The van der Waals surface area contributed by atoms with Crippen LogP contribution in [-0.4, -0.2) is 23.2 Å². The number of carbonyl (C=O) groups excluding carboxylic acids is 1. The van der Waals surface area contributed by atoms with Gasteiger partial charge in [0, 0.05) is 6.20 Å². The first-order valence-corrected chi connectivity index (χ1v) is 3.81. The van der Waals surface area contributed by atoms with Crippen molar-refractivity contribution < 1.29 is 14.6 Å². The monoisotopic (exact) mass is 181 g/mol. The molecule has 1 rings (SSSR count). The molecule has 0 spiro atoms. The molecule has 1 aromatic heterocycles. The molecule has 0 saturated carbocycles. The van der Waals surface area contributed by atoms with Crippen LogP contribution >= 0.6 is 0 Å². The van der Waals surface area contributed by atoms with E-state index in [2.05, 4.69) is 9.72 Å². The third-order valence-corrected chi connectivity index (χ3v) is 1.75. The Bertz CT molecular complexity index is 295. The number of methoxy groups -OCH3 is 1. The molecule has 0 radical (unpaired) electrons. The Morgan fingerprint density at radius 2 is 2.31 bits per heavy atom. The lowest BCUT2D eigenvalue weighted by molar-refractivity contribution is -0.161. The molecule has 1 unspecified atom stereocenters. The van der Waals surface area contributed by atoms with Crippen LogP contribution in [0, 0.1) is 0 Å². The minimum absolute atomic E-state index is 0.279. The molecule has 0 fully saturated rings. The van der Waals surface area contributed by atoms with E-state index in [0.29, 0.717) is 0 Å². The molecule has 70 valence electrons. The van der Waals surface area contributed by atoms with Crippen molar-refractivity contribution in [2.45, 2.75) is 12.5 Å². The van der Waals surface area contributed by atoms with Gasteiger partial charge in [0.1, 0.15) is 0 Å². The maximum absolute atomic E-state index is 11.1. The van der Waals surface area contributed by atoms with Crippen LogP contribution in [0.4, 0.5) is 0 Å². The van der Waals surface area contributed by atoms with Gasteiger partial charge in [-0.1, -0.05) is 6.07 Å². The SMILES string of the molecule is COC(=O)C(C)(O)c1ccccn1. The fraction of sp³-hybridized carbons (Fsp3) is 0.333. The van der Waals surface area contributed by atoms with Crippen LogP contribution in [0.25, 0.3) is 0 Å². The summed E-state index contributed by atoms with van der Waals surface area (Å²) < 4.78 is 4.44. The summed E-state index contributed by atoms with van der Waals surface area (Å²) in [7, 11) is 1.22. The molecule has 0 saturated heterocycles. The molecule has 0 aromatic carbocycles. The van der Waals surface area contributed by atoms with Crippen molar-refractivity contribution in [1.82, 2.24) is 4.98 Å². The lowest BCUT2D eigenvalue weighted by Gasteiger charge is -2.18. The summed E-state index contributed by atoms with van der Waals surface area (Å²) in [5.41, 5.74) is -1.39. The summed E-state index contributed by atoms with van der Waals surface area (Å²) in [5.74, 6) is -0.716. The maximum Gasteiger partial charge on any atom is 0.343 e. The average molecular weight is 181 g/mol. The van der Waals surface area contributed by atoms with Crippen molar-refractivity contribution in [3.05, 3.63) is 30.1 Å². The molecule has 0 aliphatic carbocycles. The van der Waals surface area contributed by atoms with Crippen molar-refractivity contribution in [3.8, 4) is 0 Å². The van der Waals surface area contributed by atoms with Crippen LogP contribution in [0.1, 0.15) is 12.6 Å². The number of hydrogen-bond acceptors (Lipinski definition) is 4. The Balaban J connectivity index is 3.00. The van der Waals surface area contributed by atoms with Crippen molar-refractivity contribution in [2.24, 2.45) is 0 Å². The van der Waals surface area contributed by atoms with Gasteiger partial charge in [-0.2, -0.15) is 0 Å². The third kappa shape index (κ3) is 1.84. The first-order valence-electron chi connectivity index (χ1n) is 3.81. The Morgan fingerprint density at radius 3 is 2.77 bits per heavy atom. The number of nitrogens with zero attached hydrogens (tertiary/aromatic N) is 1. The molecule has 1 aromatic rings. The van der Waals surface area contributed by atoms with Crippen LogP contribution in [0.2, 0.25) is 0 Å². The largest absolute Gasteiger partial charge is 0.467 e. The molecule has 0 aliphatic heterocycles. The Hall–Kier alpha value is -1.42. The van der Waals surface area contributed by atoms with Gasteiger partial charge in [-0.25, -0.2) is 4.79 Å². The predicted molar refractivity (Wildman–Crippen MR) is 45.8 cm³/mol. The van der Waals surface area contributed by atoms with Gasteiger partial charge < -0.3 is 9.84 Å². The zero-order valence-corrected chi connectivity index (χ0v) is 7.52. The minimum atomic E-state index is -1.67. The molecule has 4 heteroatoms. The lowest BCUT2D eigenvalue weighted by Crippen LogP contribution is -2.34. The van der Waals surface area contributed by atoms with E-state index in [1.165, 1.54) is 20.2 Å². The molecule has 0 aliphatic rings. The second kappa shape index (κ2) is 3.53. The maximum atomic E-state index is 11.1. The highest BCUT2D eigenvalue weighted by molar-refractivity contribution is 5.79. The first kappa shape index (κ1) is 9.67. The molecule has 13 heavy (non-hydrogen) atoms. The van der Waals surface area contributed by atoms with E-state index >= 15 is 0 Å². The van der Waals surface area contributed by atoms with Crippen LogP contribution in [0.3, 0.4) is 0 Å². The molecule has 1 N–H and O–H groups in total. The van der Waals surface area contributed by atoms with E-state index in [-0.39, 0.29) is 5.69 Å². The number of aliphatic hydroxyl groups is 1. The lowest BCUT2D eigenvalue weighted by atomic mass is 10.0. The van der Waals surface area contributed by atoms with E-state index in [4.69, 9.17) is 0 Å². The summed E-state index contributed by atoms with van der Waals surface area (Å²) in [6.07, 6.45) is 1.51. The highest BCUT2D eigenvalue weighted by Crippen LogP contribution is 2.18. The van der Waals surface area contributed by atoms with Gasteiger partial charge in [0.15, 0.2) is 0 Å². The molecule has 1 atom stereocenters. The normalized spacial score (nSPS) is 14.7. The molecule has 4 nitrogen and oxygen atoms in total. The van der Waals surface area contributed by atoms with Gasteiger partial charge in [0.2, 0.25) is 5.60 Å². The minimum Gasteiger partial charge on any atom is -0.467 e. The second-order valence-corrected chi connectivity index (χ2v) is 2.78. The zero-order valence-electron chi connectivity index (χ0n) is 7.52. The molecule has 0 amide bonds. The van der Waals surface area contributed by atoms with E-state index in [9.17, 15) is 9.90 Å². The summed E-state index contributed by atoms with van der Waals surface area (Å²) >= 11 is 0. The molecule has 0 bridgehead atoms. The van der Waals surface area contributed by atoms with Gasteiger partial charge >= 0.3 is 5.97 Å². The van der Waals surface area contributed by atoms with Crippen molar-refractivity contribution in [2.75, 3.05) is 7.11 Å². The van der Waals surface area contributed by atoms with Crippen LogP contribution in [0.15, 0.2) is 24.4 Å². The fourth-order valence-corrected chi connectivity index (χ4v) is 0.954. The van der Waals surface area contributed by atoms with Crippen molar-refractivity contribution >= 4 is 5.97 Å².